The van der Waals surface area contributed by atoms with E-state index in [2.05, 4.69) is 29.0 Å². The van der Waals surface area contributed by atoms with Gasteiger partial charge in [-0.25, -0.2) is 0 Å². The SMILES string of the molecule is CCN(CC)C1CCC(Nc2cc3cc[nH]c(=O)c3cc2Cl)CC1. The molecule has 1 saturated carbocycles. The second-order valence-corrected chi connectivity index (χ2v) is 7.00. The molecule has 2 aromatic rings. The lowest BCUT2D eigenvalue weighted by molar-refractivity contribution is 0.167. The minimum atomic E-state index is -0.0966. The monoisotopic (exact) mass is 347 g/mol. The van der Waals surface area contributed by atoms with E-state index in [9.17, 15) is 4.79 Å². The highest BCUT2D eigenvalue weighted by molar-refractivity contribution is 6.34. The molecule has 2 N–H and O–H groups in total. The van der Waals surface area contributed by atoms with E-state index in [0.29, 0.717) is 22.5 Å². The van der Waals surface area contributed by atoms with Crippen LogP contribution < -0.4 is 10.9 Å². The Hall–Kier alpha value is -1.52. The minimum Gasteiger partial charge on any atom is -0.381 e. The number of aromatic nitrogens is 1. The molecule has 0 unspecified atom stereocenters. The van der Waals surface area contributed by atoms with Crippen LogP contribution in [0.1, 0.15) is 39.5 Å². The second kappa shape index (κ2) is 7.58. The lowest BCUT2D eigenvalue weighted by atomic mass is 9.90. The fraction of sp³-hybridized carbons (Fsp3) is 0.526. The second-order valence-electron chi connectivity index (χ2n) is 6.60. The summed E-state index contributed by atoms with van der Waals surface area (Å²) in [7, 11) is 0. The van der Waals surface area contributed by atoms with Gasteiger partial charge in [-0.1, -0.05) is 25.4 Å². The van der Waals surface area contributed by atoms with Crippen LogP contribution in [0, 0.1) is 0 Å². The maximum atomic E-state index is 11.8. The zero-order valence-electron chi connectivity index (χ0n) is 14.4. The van der Waals surface area contributed by atoms with Crippen molar-refractivity contribution in [3.63, 3.8) is 0 Å². The first-order valence-electron chi connectivity index (χ1n) is 8.94. The van der Waals surface area contributed by atoms with Crippen molar-refractivity contribution in [1.29, 1.82) is 0 Å². The zero-order valence-corrected chi connectivity index (χ0v) is 15.2. The Morgan fingerprint density at radius 2 is 1.92 bits per heavy atom. The number of nitrogens with one attached hydrogen (secondary N) is 2. The Labute approximate surface area is 148 Å². The molecule has 3 rings (SSSR count). The molecule has 0 spiro atoms. The third-order valence-corrected chi connectivity index (χ3v) is 5.56. The number of nitrogens with zero attached hydrogens (tertiary/aromatic N) is 1. The summed E-state index contributed by atoms with van der Waals surface area (Å²) in [5.74, 6) is 0. The van der Waals surface area contributed by atoms with E-state index in [1.165, 1.54) is 12.8 Å². The zero-order chi connectivity index (χ0) is 17.1. The van der Waals surface area contributed by atoms with Gasteiger partial charge < -0.3 is 15.2 Å². The third kappa shape index (κ3) is 3.60. The standard InChI is InChI=1S/C19H26ClN3O/c1-3-23(4-2)15-7-5-14(6-8-15)22-18-11-13-9-10-21-19(24)16(13)12-17(18)20/h9-12,14-15,22H,3-8H2,1-2H3,(H,21,24). The molecule has 24 heavy (non-hydrogen) atoms. The Balaban J connectivity index is 1.70. The van der Waals surface area contributed by atoms with E-state index in [0.717, 1.165) is 37.0 Å². The summed E-state index contributed by atoms with van der Waals surface area (Å²) in [5.41, 5.74) is 0.835. The lowest BCUT2D eigenvalue weighted by Gasteiger charge is -2.36. The quantitative estimate of drug-likeness (QED) is 0.850. The van der Waals surface area contributed by atoms with Crippen LogP contribution in [-0.2, 0) is 0 Å². The summed E-state index contributed by atoms with van der Waals surface area (Å²) < 4.78 is 0. The van der Waals surface area contributed by atoms with Crippen molar-refractivity contribution in [2.75, 3.05) is 18.4 Å². The van der Waals surface area contributed by atoms with Crippen LogP contribution in [0.4, 0.5) is 5.69 Å². The molecule has 0 saturated heterocycles. The molecule has 0 radical (unpaired) electrons. The summed E-state index contributed by atoms with van der Waals surface area (Å²) in [5, 5.41) is 5.77. The smallest absolute Gasteiger partial charge is 0.255 e. The van der Waals surface area contributed by atoms with Gasteiger partial charge in [0.2, 0.25) is 0 Å². The lowest BCUT2D eigenvalue weighted by Crippen LogP contribution is -2.40. The molecule has 0 atom stereocenters. The molecule has 1 aliphatic carbocycles. The molecule has 0 bridgehead atoms. The normalized spacial score (nSPS) is 21.3. The molecule has 1 aromatic carbocycles. The first-order chi connectivity index (χ1) is 11.6. The number of rotatable bonds is 5. The van der Waals surface area contributed by atoms with Crippen LogP contribution in [-0.4, -0.2) is 35.1 Å². The molecule has 0 aliphatic heterocycles. The van der Waals surface area contributed by atoms with Crippen molar-refractivity contribution in [2.24, 2.45) is 0 Å². The highest BCUT2D eigenvalue weighted by Crippen LogP contribution is 2.30. The summed E-state index contributed by atoms with van der Waals surface area (Å²) in [6, 6.07) is 6.83. The predicted octanol–water partition coefficient (Wildman–Crippen LogP) is 4.25. The van der Waals surface area contributed by atoms with Gasteiger partial charge in [-0.05, 0) is 62.4 Å². The number of halogens is 1. The average molecular weight is 348 g/mol. The van der Waals surface area contributed by atoms with Gasteiger partial charge in [0.05, 0.1) is 10.7 Å². The molecule has 1 aliphatic rings. The molecular weight excluding hydrogens is 322 g/mol. The molecule has 130 valence electrons. The third-order valence-electron chi connectivity index (χ3n) is 5.25. The molecule has 4 nitrogen and oxygen atoms in total. The van der Waals surface area contributed by atoms with Crippen LogP contribution in [0.25, 0.3) is 10.8 Å². The highest BCUT2D eigenvalue weighted by Gasteiger charge is 2.24. The van der Waals surface area contributed by atoms with Gasteiger partial charge in [0, 0.05) is 23.7 Å². The number of anilines is 1. The fourth-order valence-electron chi connectivity index (χ4n) is 3.87. The first kappa shape index (κ1) is 17.3. The Morgan fingerprint density at radius 3 is 2.58 bits per heavy atom. The van der Waals surface area contributed by atoms with Crippen molar-refractivity contribution in [3.8, 4) is 0 Å². The van der Waals surface area contributed by atoms with Crippen LogP contribution >= 0.6 is 11.6 Å². The fourth-order valence-corrected chi connectivity index (χ4v) is 4.08. The average Bonchev–Trinajstić information content (AvgIpc) is 2.59. The van der Waals surface area contributed by atoms with Crippen LogP contribution in [0.3, 0.4) is 0 Å². The molecular formula is C19H26ClN3O. The molecule has 0 amide bonds. The topological polar surface area (TPSA) is 48.1 Å². The number of hydrogen-bond donors (Lipinski definition) is 2. The van der Waals surface area contributed by atoms with Crippen molar-refractivity contribution in [1.82, 2.24) is 9.88 Å². The minimum absolute atomic E-state index is 0.0966. The van der Waals surface area contributed by atoms with Gasteiger partial charge in [0.1, 0.15) is 0 Å². The van der Waals surface area contributed by atoms with E-state index >= 15 is 0 Å². The Morgan fingerprint density at radius 1 is 1.21 bits per heavy atom. The van der Waals surface area contributed by atoms with Crippen molar-refractivity contribution >= 4 is 28.1 Å². The van der Waals surface area contributed by atoms with Crippen molar-refractivity contribution in [2.45, 2.75) is 51.6 Å². The van der Waals surface area contributed by atoms with Gasteiger partial charge in [-0.2, -0.15) is 0 Å². The number of benzene rings is 1. The number of hydrogen-bond acceptors (Lipinski definition) is 3. The van der Waals surface area contributed by atoms with Crippen LogP contribution in [0.5, 0.6) is 0 Å². The summed E-state index contributed by atoms with van der Waals surface area (Å²) in [6.07, 6.45) is 6.45. The summed E-state index contributed by atoms with van der Waals surface area (Å²) >= 11 is 6.39. The van der Waals surface area contributed by atoms with E-state index < -0.39 is 0 Å². The number of H-pyrrole nitrogens is 1. The van der Waals surface area contributed by atoms with Gasteiger partial charge >= 0.3 is 0 Å². The van der Waals surface area contributed by atoms with Crippen molar-refractivity contribution in [3.05, 3.63) is 39.8 Å². The van der Waals surface area contributed by atoms with E-state index in [1.807, 2.05) is 12.1 Å². The maximum Gasteiger partial charge on any atom is 0.255 e. The molecule has 5 heteroatoms. The Kier molecular flexibility index (Phi) is 5.47. The maximum absolute atomic E-state index is 11.8. The highest BCUT2D eigenvalue weighted by atomic mass is 35.5. The van der Waals surface area contributed by atoms with Gasteiger partial charge in [-0.3, -0.25) is 4.79 Å². The molecule has 1 aromatic heterocycles. The first-order valence-corrected chi connectivity index (χ1v) is 9.31. The van der Waals surface area contributed by atoms with Crippen LogP contribution in [0.15, 0.2) is 29.2 Å². The molecule has 1 fully saturated rings. The van der Waals surface area contributed by atoms with E-state index in [-0.39, 0.29) is 5.56 Å². The molecule has 1 heterocycles. The van der Waals surface area contributed by atoms with E-state index in [4.69, 9.17) is 11.6 Å². The Bertz CT molecular complexity index is 746. The largest absolute Gasteiger partial charge is 0.381 e. The van der Waals surface area contributed by atoms with Crippen molar-refractivity contribution < 1.29 is 0 Å². The number of pyridine rings is 1. The number of fused-ring (bicyclic) bond motifs is 1. The summed E-state index contributed by atoms with van der Waals surface area (Å²) in [6.45, 7) is 6.74. The van der Waals surface area contributed by atoms with Gasteiger partial charge in [-0.15, -0.1) is 0 Å². The predicted molar refractivity (Wildman–Crippen MR) is 102 cm³/mol. The number of aromatic amines is 1. The van der Waals surface area contributed by atoms with Gasteiger partial charge in [0.15, 0.2) is 0 Å². The van der Waals surface area contributed by atoms with Gasteiger partial charge in [0.25, 0.3) is 5.56 Å². The summed E-state index contributed by atoms with van der Waals surface area (Å²) in [4.78, 5) is 17.1. The van der Waals surface area contributed by atoms with Crippen LogP contribution in [0.2, 0.25) is 5.02 Å². The van der Waals surface area contributed by atoms with E-state index in [1.54, 1.807) is 12.3 Å².